The first-order valence-corrected chi connectivity index (χ1v) is 26.0. The maximum absolute atomic E-state index is 13.1. The molecule has 0 spiro atoms. The second kappa shape index (κ2) is 31.9. The molecule has 2 unspecified atom stereocenters. The van der Waals surface area contributed by atoms with Crippen molar-refractivity contribution in [3.63, 3.8) is 0 Å². The lowest BCUT2D eigenvalue weighted by atomic mass is 10.0. The Balaban J connectivity index is 1.04. The number of hydrogen-bond acceptors (Lipinski definition) is 12. The molecule has 0 heterocycles. The van der Waals surface area contributed by atoms with Crippen molar-refractivity contribution in [3.05, 3.63) is 178 Å². The van der Waals surface area contributed by atoms with Crippen LogP contribution in [0.25, 0.3) is 24.3 Å². The van der Waals surface area contributed by atoms with Crippen molar-refractivity contribution < 1.29 is 78.0 Å². The van der Waals surface area contributed by atoms with Crippen molar-refractivity contribution in [1.29, 1.82) is 0 Å². The average Bonchev–Trinajstić information content (AvgIpc) is 3.62. The van der Waals surface area contributed by atoms with Crippen LogP contribution < -0.4 is 42.5 Å². The number of benzene rings is 5. The molecule has 84 heavy (non-hydrogen) atoms. The van der Waals surface area contributed by atoms with Gasteiger partial charge in [-0.05, 0) is 71.5 Å². The highest BCUT2D eigenvalue weighted by molar-refractivity contribution is 5.99. The van der Waals surface area contributed by atoms with Crippen molar-refractivity contribution >= 4 is 95.4 Å². The fraction of sp³-hybridized carbons (Fsp3) is 0.233. The monoisotopic (exact) mass is 1150 g/mol. The number of aliphatic carboxylic acids is 4. The molecule has 438 valence electrons. The molecule has 0 aliphatic heterocycles. The summed E-state index contributed by atoms with van der Waals surface area (Å²) in [6.07, 6.45) is 5.48. The van der Waals surface area contributed by atoms with Crippen LogP contribution in [0.5, 0.6) is 0 Å². The summed E-state index contributed by atoms with van der Waals surface area (Å²) < 4.78 is 0. The molecule has 8 amide bonds. The van der Waals surface area contributed by atoms with Crippen LogP contribution in [0, 0.1) is 0 Å². The normalized spacial score (nSPS) is 13.1. The van der Waals surface area contributed by atoms with E-state index in [0.717, 1.165) is 22.3 Å². The lowest BCUT2D eigenvalue weighted by molar-refractivity contribution is -0.147. The van der Waals surface area contributed by atoms with Gasteiger partial charge in [0.25, 0.3) is 11.8 Å². The number of carboxylic acid groups (broad SMARTS) is 4. The summed E-state index contributed by atoms with van der Waals surface area (Å²) in [6, 6.07) is 29.0. The van der Waals surface area contributed by atoms with E-state index in [0.29, 0.717) is 11.1 Å². The lowest BCUT2D eigenvalue weighted by Crippen LogP contribution is -2.56. The van der Waals surface area contributed by atoms with E-state index in [-0.39, 0.29) is 24.0 Å². The Morgan fingerprint density at radius 2 is 0.655 bits per heavy atom. The van der Waals surface area contributed by atoms with Crippen LogP contribution in [0.15, 0.2) is 133 Å². The Bertz CT molecular complexity index is 3030. The van der Waals surface area contributed by atoms with Crippen molar-refractivity contribution in [2.45, 2.75) is 75.8 Å². The Labute approximate surface area is 481 Å². The number of hydrogen-bond donors (Lipinski definition) is 12. The fourth-order valence-corrected chi connectivity index (χ4v) is 7.84. The largest absolute Gasteiger partial charge is 0.481 e. The van der Waals surface area contributed by atoms with Gasteiger partial charge in [-0.3, -0.25) is 47.9 Å². The second-order valence-electron chi connectivity index (χ2n) is 19.0. The number of nitrogens with one attached hydrogen (secondary N) is 8. The van der Waals surface area contributed by atoms with Gasteiger partial charge in [0.2, 0.25) is 35.4 Å². The molecule has 0 bridgehead atoms. The highest BCUT2D eigenvalue weighted by atomic mass is 16.4. The van der Waals surface area contributed by atoms with E-state index in [9.17, 15) is 67.7 Å². The Kier molecular flexibility index (Phi) is 24.3. The summed E-state index contributed by atoms with van der Waals surface area (Å²) in [6.45, 7) is 1.69. The van der Waals surface area contributed by atoms with Crippen LogP contribution in [-0.2, 0) is 60.8 Å². The molecule has 0 saturated heterocycles. The third kappa shape index (κ3) is 21.7. The Morgan fingerprint density at radius 3 is 0.940 bits per heavy atom. The molecule has 6 atom stereocenters. The predicted molar refractivity (Wildman–Crippen MR) is 305 cm³/mol. The van der Waals surface area contributed by atoms with Gasteiger partial charge in [-0.1, -0.05) is 133 Å². The van der Waals surface area contributed by atoms with Crippen molar-refractivity contribution in [2.24, 2.45) is 0 Å². The zero-order valence-electron chi connectivity index (χ0n) is 45.4. The first kappa shape index (κ1) is 64.0. The van der Waals surface area contributed by atoms with Gasteiger partial charge in [0.1, 0.15) is 36.3 Å². The van der Waals surface area contributed by atoms with Gasteiger partial charge in [-0.15, -0.1) is 0 Å². The van der Waals surface area contributed by atoms with E-state index in [4.69, 9.17) is 10.2 Å². The lowest BCUT2D eigenvalue weighted by Gasteiger charge is -2.23. The first-order valence-electron chi connectivity index (χ1n) is 26.0. The minimum absolute atomic E-state index is 0.0780. The highest BCUT2D eigenvalue weighted by Crippen LogP contribution is 2.15. The third-order valence-corrected chi connectivity index (χ3v) is 12.4. The van der Waals surface area contributed by atoms with Gasteiger partial charge in [0.15, 0.2) is 0 Å². The molecule has 0 fully saturated rings. The number of carbonyl (C=O) groups is 12. The van der Waals surface area contributed by atoms with Gasteiger partial charge in [0, 0.05) is 24.0 Å². The van der Waals surface area contributed by atoms with E-state index in [1.807, 2.05) is 48.6 Å². The molecular formula is C60H62N8O16. The SMILES string of the molecule is C[C@H](NC(=O)CNC(=O)c1ccc(/C=C/c2ccc(/C=C/c3ccc(C(=O)NCC(=O)N[C@@H](C)C(=O)N[C@@H](Cc4ccccc4)C(=O)NC(CC(=O)O)C(=O)O)cc3)cc2)cc1)C(=O)N[C@@H](Cc1ccccc1)C(=O)NC(CC(=O)O)C(=O)O. The number of amides is 8. The van der Waals surface area contributed by atoms with Crippen LogP contribution in [-0.4, -0.2) is 141 Å². The fourth-order valence-electron chi connectivity index (χ4n) is 7.84. The van der Waals surface area contributed by atoms with Crippen molar-refractivity contribution in [1.82, 2.24) is 42.5 Å². The maximum Gasteiger partial charge on any atom is 0.326 e. The van der Waals surface area contributed by atoms with Crippen molar-refractivity contribution in [2.75, 3.05) is 13.1 Å². The molecular weight excluding hydrogens is 1090 g/mol. The Hall–Kier alpha value is -10.8. The number of carboxylic acids is 4. The molecule has 5 aromatic rings. The summed E-state index contributed by atoms with van der Waals surface area (Å²) in [5.41, 5.74) is 5.02. The van der Waals surface area contributed by atoms with Gasteiger partial charge in [0.05, 0.1) is 25.9 Å². The summed E-state index contributed by atoms with van der Waals surface area (Å²) in [5.74, 6) is -12.1. The number of rotatable bonds is 30. The number of carbonyl (C=O) groups excluding carboxylic acids is 8. The molecule has 0 aromatic heterocycles. The summed E-state index contributed by atoms with van der Waals surface area (Å²) >= 11 is 0. The second-order valence-corrected chi connectivity index (χ2v) is 19.0. The van der Waals surface area contributed by atoms with Crippen LogP contribution in [0.2, 0.25) is 0 Å². The van der Waals surface area contributed by atoms with E-state index in [2.05, 4.69) is 42.5 Å². The van der Waals surface area contributed by atoms with Crippen LogP contribution >= 0.6 is 0 Å². The third-order valence-electron chi connectivity index (χ3n) is 12.4. The topological polar surface area (TPSA) is 382 Å². The van der Waals surface area contributed by atoms with Gasteiger partial charge >= 0.3 is 23.9 Å². The molecule has 24 nitrogen and oxygen atoms in total. The van der Waals surface area contributed by atoms with Gasteiger partial charge in [-0.25, -0.2) is 9.59 Å². The first-order chi connectivity index (χ1) is 40.0. The highest BCUT2D eigenvalue weighted by Gasteiger charge is 2.32. The van der Waals surface area contributed by atoms with E-state index in [1.54, 1.807) is 109 Å². The molecule has 12 N–H and O–H groups in total. The standard InChI is InChI=1S/C60H62N8O16/c1-35(53(75)65-45(29-41-9-5-3-6-10-41)57(79)67-47(59(81)82)31-51(71)72)63-49(69)33-61-55(77)43-25-21-39(22-26-43)19-17-37-13-15-38(16-14-37)18-20-40-23-27-44(28-24-40)56(78)62-34-50(70)64-36(2)54(76)66-46(30-42-11-7-4-8-12-42)58(80)68-48(60(83)84)32-52(73)74/h3-28,35-36,45-48H,29-34H2,1-2H3,(H,61,77)(H,62,78)(H,63,69)(H,64,70)(H,65,75)(H,66,76)(H,67,79)(H,68,80)(H,71,72)(H,73,74)(H,81,82)(H,83,84)/b19-17+,20-18+/t35-,36-,45-,46-,47?,48?/m0/s1. The zero-order valence-corrected chi connectivity index (χ0v) is 45.4. The quantitative estimate of drug-likeness (QED) is 0.0293. The van der Waals surface area contributed by atoms with E-state index < -0.39 is 133 Å². The minimum Gasteiger partial charge on any atom is -0.481 e. The van der Waals surface area contributed by atoms with E-state index in [1.165, 1.54) is 13.8 Å². The molecule has 0 aliphatic rings. The molecule has 0 saturated carbocycles. The predicted octanol–water partition coefficient (Wildman–Crippen LogP) is 2.04. The molecule has 0 aliphatic carbocycles. The molecule has 5 aromatic carbocycles. The smallest absolute Gasteiger partial charge is 0.326 e. The zero-order chi connectivity index (χ0) is 61.3. The van der Waals surface area contributed by atoms with Crippen LogP contribution in [0.4, 0.5) is 0 Å². The summed E-state index contributed by atoms with van der Waals surface area (Å²) in [7, 11) is 0. The van der Waals surface area contributed by atoms with E-state index >= 15 is 0 Å². The maximum atomic E-state index is 13.1. The summed E-state index contributed by atoms with van der Waals surface area (Å²) in [4.78, 5) is 149. The molecule has 24 heteroatoms. The van der Waals surface area contributed by atoms with Gasteiger partial charge in [-0.2, -0.15) is 0 Å². The molecule has 0 radical (unpaired) electrons. The minimum atomic E-state index is -1.76. The molecule has 5 rings (SSSR count). The average molecular weight is 1150 g/mol. The van der Waals surface area contributed by atoms with Gasteiger partial charge < -0.3 is 63.0 Å². The Morgan fingerprint density at radius 1 is 0.369 bits per heavy atom. The summed E-state index contributed by atoms with van der Waals surface area (Å²) in [5, 5.41) is 56.1. The van der Waals surface area contributed by atoms with Crippen molar-refractivity contribution in [3.8, 4) is 0 Å². The van der Waals surface area contributed by atoms with Crippen LogP contribution in [0.1, 0.15) is 80.8 Å². The van der Waals surface area contributed by atoms with Crippen LogP contribution in [0.3, 0.4) is 0 Å².